The molecule has 3 rings (SSSR count). The van der Waals surface area contributed by atoms with Crippen LogP contribution in [0.3, 0.4) is 0 Å². The molecule has 1 aromatic rings. The van der Waals surface area contributed by atoms with Crippen LogP contribution in [0.25, 0.3) is 0 Å². The number of rotatable bonds is 4. The molecule has 1 aliphatic heterocycles. The van der Waals surface area contributed by atoms with Gasteiger partial charge in [0.25, 0.3) is 0 Å². The molecule has 110 valence electrons. The number of carbonyl (C=O) groups is 1. The van der Waals surface area contributed by atoms with E-state index in [9.17, 15) is 4.79 Å². The van der Waals surface area contributed by atoms with Gasteiger partial charge in [0.15, 0.2) is 5.78 Å². The Morgan fingerprint density at radius 3 is 2.85 bits per heavy atom. The number of anilines is 2. The van der Waals surface area contributed by atoms with E-state index in [1.165, 1.54) is 23.4 Å². The maximum absolute atomic E-state index is 11.8. The van der Waals surface area contributed by atoms with E-state index in [1.807, 2.05) is 0 Å². The monoisotopic (exact) mass is 294 g/mol. The van der Waals surface area contributed by atoms with Crippen LogP contribution in [0.1, 0.15) is 54.3 Å². The Balaban J connectivity index is 1.95. The van der Waals surface area contributed by atoms with Crippen molar-refractivity contribution < 1.29 is 9.53 Å². The predicted molar refractivity (Wildman–Crippen MR) is 83.0 cm³/mol. The van der Waals surface area contributed by atoms with Crippen LogP contribution in [0, 0.1) is 0 Å². The third kappa shape index (κ3) is 2.44. The Hall–Kier alpha value is -1.07. The van der Waals surface area contributed by atoms with Crippen LogP contribution >= 0.6 is 11.3 Å². The summed E-state index contributed by atoms with van der Waals surface area (Å²) in [5, 5.41) is 1.22. The summed E-state index contributed by atoms with van der Waals surface area (Å²) in [5.74, 6) is 0.651. The van der Waals surface area contributed by atoms with Crippen LogP contribution < -0.4 is 10.6 Å². The van der Waals surface area contributed by atoms with Gasteiger partial charge in [-0.2, -0.15) is 0 Å². The Labute approximate surface area is 123 Å². The van der Waals surface area contributed by atoms with Crippen molar-refractivity contribution in [1.29, 1.82) is 0 Å². The number of ether oxygens (including phenoxy) is 1. The normalized spacial score (nSPS) is 23.1. The quantitative estimate of drug-likeness (QED) is 0.867. The van der Waals surface area contributed by atoms with Gasteiger partial charge in [-0.25, -0.2) is 0 Å². The lowest BCUT2D eigenvalue weighted by atomic mass is 10.1. The summed E-state index contributed by atoms with van der Waals surface area (Å²) in [4.78, 5) is 14.9. The fourth-order valence-electron chi connectivity index (χ4n) is 2.86. The lowest BCUT2D eigenvalue weighted by molar-refractivity contribution is 0.0386. The first-order valence-corrected chi connectivity index (χ1v) is 8.23. The van der Waals surface area contributed by atoms with Crippen LogP contribution in [0.15, 0.2) is 0 Å². The highest BCUT2D eigenvalue weighted by Gasteiger charge is 2.35. The molecule has 1 unspecified atom stereocenters. The van der Waals surface area contributed by atoms with Crippen molar-refractivity contribution >= 4 is 27.8 Å². The van der Waals surface area contributed by atoms with Crippen LogP contribution in [0.2, 0.25) is 0 Å². The first-order valence-electron chi connectivity index (χ1n) is 7.41. The molecule has 0 radical (unpaired) electrons. The van der Waals surface area contributed by atoms with Crippen molar-refractivity contribution in [2.24, 2.45) is 0 Å². The summed E-state index contributed by atoms with van der Waals surface area (Å²) in [6.07, 6.45) is 3.72. The van der Waals surface area contributed by atoms with Gasteiger partial charge in [-0.05, 0) is 25.2 Å². The fourth-order valence-corrected chi connectivity index (χ4v) is 4.10. The smallest absolute Gasteiger partial charge is 0.171 e. The molecule has 1 saturated heterocycles. The third-order valence-electron chi connectivity index (χ3n) is 4.15. The zero-order valence-electron chi connectivity index (χ0n) is 12.1. The molecule has 2 aliphatic rings. The summed E-state index contributed by atoms with van der Waals surface area (Å²) in [5.41, 5.74) is 8.22. The molecule has 1 aliphatic carbocycles. The number of morpholine rings is 1. The number of nitrogens with zero attached hydrogens (tertiary/aromatic N) is 1. The largest absolute Gasteiger partial charge is 0.397 e. The minimum atomic E-state index is 0.0842. The topological polar surface area (TPSA) is 55.6 Å². The second-order valence-electron chi connectivity index (χ2n) is 5.74. The van der Waals surface area contributed by atoms with Crippen LogP contribution in [0.5, 0.6) is 0 Å². The highest BCUT2D eigenvalue weighted by Crippen LogP contribution is 2.52. The molecular weight excluding hydrogens is 272 g/mol. The van der Waals surface area contributed by atoms with Gasteiger partial charge in [0.05, 0.1) is 28.3 Å². The highest BCUT2D eigenvalue weighted by atomic mass is 32.1. The van der Waals surface area contributed by atoms with Crippen LogP contribution in [-0.4, -0.2) is 31.6 Å². The molecule has 20 heavy (non-hydrogen) atoms. The second kappa shape index (κ2) is 5.37. The molecule has 1 aromatic heterocycles. The lowest BCUT2D eigenvalue weighted by Crippen LogP contribution is -2.42. The van der Waals surface area contributed by atoms with Gasteiger partial charge in [0, 0.05) is 25.6 Å². The van der Waals surface area contributed by atoms with Gasteiger partial charge < -0.3 is 15.4 Å². The Kier molecular flexibility index (Phi) is 3.73. The summed E-state index contributed by atoms with van der Waals surface area (Å²) < 4.78 is 5.74. The molecule has 5 heteroatoms. The minimum absolute atomic E-state index is 0.0842. The number of thiophene rings is 1. The van der Waals surface area contributed by atoms with Gasteiger partial charge >= 0.3 is 0 Å². The van der Waals surface area contributed by atoms with Gasteiger partial charge in [-0.3, -0.25) is 4.79 Å². The number of ketones is 1. The zero-order valence-corrected chi connectivity index (χ0v) is 13.0. The molecule has 0 bridgehead atoms. The lowest BCUT2D eigenvalue weighted by Gasteiger charge is -2.34. The average Bonchev–Trinajstić information content (AvgIpc) is 3.22. The second-order valence-corrected chi connectivity index (χ2v) is 6.74. The van der Waals surface area contributed by atoms with Crippen molar-refractivity contribution in [2.75, 3.05) is 30.3 Å². The predicted octanol–water partition coefficient (Wildman–Crippen LogP) is 3.03. The van der Waals surface area contributed by atoms with E-state index in [4.69, 9.17) is 10.5 Å². The van der Waals surface area contributed by atoms with E-state index in [1.54, 1.807) is 18.3 Å². The molecular formula is C15H22N2O2S. The first-order chi connectivity index (χ1) is 9.61. The summed E-state index contributed by atoms with van der Waals surface area (Å²) >= 11 is 1.58. The van der Waals surface area contributed by atoms with Crippen molar-refractivity contribution in [3.63, 3.8) is 0 Å². The van der Waals surface area contributed by atoms with Gasteiger partial charge in [-0.15, -0.1) is 11.3 Å². The standard InChI is InChI=1S/C15H22N2O2S/c1-3-11-8-17(6-7-19-11)15-12(10-4-5-10)13(16)14(20-15)9(2)18/h10-11H,3-8,16H2,1-2H3. The van der Waals surface area contributed by atoms with Gasteiger partial charge in [0.1, 0.15) is 0 Å². The Morgan fingerprint density at radius 2 is 2.25 bits per heavy atom. The summed E-state index contributed by atoms with van der Waals surface area (Å²) in [6, 6.07) is 0. The van der Waals surface area contributed by atoms with E-state index in [0.717, 1.165) is 36.7 Å². The molecule has 2 heterocycles. The van der Waals surface area contributed by atoms with Crippen LogP contribution in [0.4, 0.5) is 10.7 Å². The zero-order chi connectivity index (χ0) is 14.3. The van der Waals surface area contributed by atoms with Crippen molar-refractivity contribution in [3.8, 4) is 0 Å². The molecule has 2 fully saturated rings. The average molecular weight is 294 g/mol. The molecule has 2 N–H and O–H groups in total. The summed E-state index contributed by atoms with van der Waals surface area (Å²) in [6.45, 7) is 6.33. The third-order valence-corrected chi connectivity index (χ3v) is 5.53. The highest BCUT2D eigenvalue weighted by molar-refractivity contribution is 7.18. The van der Waals surface area contributed by atoms with Crippen molar-refractivity contribution in [3.05, 3.63) is 10.4 Å². The number of hydrogen-bond acceptors (Lipinski definition) is 5. The Morgan fingerprint density at radius 1 is 1.50 bits per heavy atom. The van der Waals surface area contributed by atoms with E-state index < -0.39 is 0 Å². The fraction of sp³-hybridized carbons (Fsp3) is 0.667. The molecule has 0 amide bonds. The minimum Gasteiger partial charge on any atom is -0.397 e. The first kappa shape index (κ1) is 13.9. The van der Waals surface area contributed by atoms with Gasteiger partial charge in [-0.1, -0.05) is 6.92 Å². The number of Topliss-reactive ketones (excluding diaryl/α,β-unsaturated/α-hetero) is 1. The summed E-state index contributed by atoms with van der Waals surface area (Å²) in [7, 11) is 0. The molecule has 1 saturated carbocycles. The van der Waals surface area contributed by atoms with Gasteiger partial charge in [0.2, 0.25) is 0 Å². The molecule has 4 nitrogen and oxygen atoms in total. The number of nitrogens with two attached hydrogens (primary N) is 1. The van der Waals surface area contributed by atoms with Crippen LogP contribution in [-0.2, 0) is 4.74 Å². The van der Waals surface area contributed by atoms with E-state index >= 15 is 0 Å². The van der Waals surface area contributed by atoms with E-state index in [2.05, 4.69) is 11.8 Å². The maximum atomic E-state index is 11.8. The number of nitrogen functional groups attached to an aromatic ring is 1. The SMILES string of the molecule is CCC1CN(c2sc(C(C)=O)c(N)c2C2CC2)CCO1. The molecule has 1 atom stereocenters. The van der Waals surface area contributed by atoms with Crippen molar-refractivity contribution in [2.45, 2.75) is 45.1 Å². The Bertz CT molecular complexity index is 522. The maximum Gasteiger partial charge on any atom is 0.171 e. The van der Waals surface area contributed by atoms with E-state index in [0.29, 0.717) is 12.0 Å². The van der Waals surface area contributed by atoms with Crippen molar-refractivity contribution in [1.82, 2.24) is 0 Å². The molecule has 0 spiro atoms. The molecule has 0 aromatic carbocycles. The number of carbonyl (C=O) groups excluding carboxylic acids is 1. The van der Waals surface area contributed by atoms with E-state index in [-0.39, 0.29) is 5.78 Å². The number of hydrogen-bond donors (Lipinski definition) is 1.